The van der Waals surface area contributed by atoms with Crippen molar-refractivity contribution in [2.45, 2.75) is 109 Å². The summed E-state index contributed by atoms with van der Waals surface area (Å²) in [6, 6.07) is 0. The minimum Gasteiger partial charge on any atom is -0.747 e. The van der Waals surface area contributed by atoms with Crippen LogP contribution in [0, 0.1) is 0 Å². The molecule has 0 aromatic heterocycles. The Morgan fingerprint density at radius 3 is 1.74 bits per heavy atom. The van der Waals surface area contributed by atoms with E-state index in [0.29, 0.717) is 6.42 Å². The molecular weight excluding hydrogens is 431 g/mol. The summed E-state index contributed by atoms with van der Waals surface area (Å²) in [5.41, 5.74) is 0. The Labute approximate surface area is 210 Å². The summed E-state index contributed by atoms with van der Waals surface area (Å²) in [7, 11) is -5.00. The number of carbonyl (C=O) groups is 2. The number of carbonyl (C=O) groups excluding carboxylic acids is 2. The van der Waals surface area contributed by atoms with Crippen molar-refractivity contribution in [2.75, 3.05) is 6.61 Å². The zero-order valence-electron chi connectivity index (χ0n) is 19.6. The van der Waals surface area contributed by atoms with Gasteiger partial charge in [0.2, 0.25) is 0 Å². The average Bonchev–Trinajstić information content (AvgIpc) is 2.69. The van der Waals surface area contributed by atoms with Crippen molar-refractivity contribution in [1.82, 2.24) is 0 Å². The number of unbranched alkanes of at least 4 members (excludes halogenated alkanes) is 12. The van der Waals surface area contributed by atoms with Gasteiger partial charge in [-0.1, -0.05) is 90.0 Å². The number of rotatable bonds is 19. The normalized spacial score (nSPS) is 12.4. The van der Waals surface area contributed by atoms with E-state index in [1.807, 2.05) is 0 Å². The fourth-order valence-corrected chi connectivity index (χ4v) is 3.68. The molecule has 9 heteroatoms. The van der Waals surface area contributed by atoms with E-state index in [0.717, 1.165) is 25.5 Å². The van der Waals surface area contributed by atoms with Crippen molar-refractivity contribution in [3.8, 4) is 0 Å². The zero-order valence-corrected chi connectivity index (χ0v) is 22.4. The molecule has 0 aliphatic carbocycles. The molecule has 0 amide bonds. The van der Waals surface area contributed by atoms with Crippen LogP contribution in [0.15, 0.2) is 12.3 Å². The second kappa shape index (κ2) is 21.4. The predicted molar refractivity (Wildman–Crippen MR) is 116 cm³/mol. The van der Waals surface area contributed by atoms with Gasteiger partial charge >= 0.3 is 41.5 Å². The molecule has 0 aliphatic rings. The van der Waals surface area contributed by atoms with Gasteiger partial charge in [-0.25, -0.2) is 8.42 Å². The van der Waals surface area contributed by atoms with E-state index >= 15 is 0 Å². The predicted octanol–water partition coefficient (Wildman–Crippen LogP) is 2.01. The first kappa shape index (κ1) is 32.8. The number of ether oxygens (including phenoxy) is 2. The standard InChI is InChI=1S/C22H40O7S.Na/c1-3-5-6-7-8-9-10-11-12-13-14-15-16-18-29-22(24)20(30(25,26)27)19-21(23)28-17-4-2;/h4,17,20H,3,5-16,18-19H2,1-2H3,(H,25,26,27);/q;+1/p-1/b17-4+;. The Bertz CT molecular complexity index is 591. The molecule has 0 heterocycles. The number of hydrogen-bond donors (Lipinski definition) is 0. The van der Waals surface area contributed by atoms with Gasteiger partial charge in [0, 0.05) is 0 Å². The maximum Gasteiger partial charge on any atom is 1.00 e. The summed E-state index contributed by atoms with van der Waals surface area (Å²) in [6.07, 6.45) is 16.9. The number of allylic oxidation sites excluding steroid dienone is 1. The Morgan fingerprint density at radius 1 is 0.871 bits per heavy atom. The maximum atomic E-state index is 11.9. The van der Waals surface area contributed by atoms with Crippen molar-refractivity contribution in [1.29, 1.82) is 0 Å². The third kappa shape index (κ3) is 20.0. The third-order valence-corrected chi connectivity index (χ3v) is 5.85. The molecule has 0 rings (SSSR count). The maximum absolute atomic E-state index is 11.9. The van der Waals surface area contributed by atoms with Crippen molar-refractivity contribution >= 4 is 22.1 Å². The second-order valence-electron chi connectivity index (χ2n) is 7.55. The van der Waals surface area contributed by atoms with E-state index in [4.69, 9.17) is 4.74 Å². The second-order valence-corrected chi connectivity index (χ2v) is 9.11. The van der Waals surface area contributed by atoms with Gasteiger partial charge in [0.1, 0.15) is 10.1 Å². The molecular formula is C22H39NaO7S. The summed E-state index contributed by atoms with van der Waals surface area (Å²) in [5.74, 6) is -2.17. The van der Waals surface area contributed by atoms with Crippen LogP contribution >= 0.6 is 0 Å². The molecule has 0 saturated carbocycles. The molecule has 0 bridgehead atoms. The van der Waals surface area contributed by atoms with Crippen LogP contribution in [-0.4, -0.2) is 36.8 Å². The molecule has 0 fully saturated rings. The van der Waals surface area contributed by atoms with Crippen LogP contribution in [0.25, 0.3) is 0 Å². The van der Waals surface area contributed by atoms with E-state index in [2.05, 4.69) is 11.7 Å². The Kier molecular flexibility index (Phi) is 22.7. The van der Waals surface area contributed by atoms with Crippen molar-refractivity contribution in [2.24, 2.45) is 0 Å². The smallest absolute Gasteiger partial charge is 0.747 e. The van der Waals surface area contributed by atoms with Gasteiger partial charge in [-0.05, 0) is 13.3 Å². The minimum atomic E-state index is -5.00. The van der Waals surface area contributed by atoms with Gasteiger partial charge in [-0.3, -0.25) is 9.59 Å². The first-order valence-electron chi connectivity index (χ1n) is 11.2. The molecule has 1 unspecified atom stereocenters. The summed E-state index contributed by atoms with van der Waals surface area (Å²) in [4.78, 5) is 23.4. The van der Waals surface area contributed by atoms with Crippen LogP contribution in [0.2, 0.25) is 0 Å². The van der Waals surface area contributed by atoms with Gasteiger partial charge in [-0.2, -0.15) is 0 Å². The van der Waals surface area contributed by atoms with Crippen LogP contribution in [0.4, 0.5) is 0 Å². The first-order chi connectivity index (χ1) is 14.3. The van der Waals surface area contributed by atoms with E-state index < -0.39 is 33.7 Å². The quantitative estimate of drug-likeness (QED) is 0.0934. The van der Waals surface area contributed by atoms with Crippen LogP contribution in [-0.2, 0) is 29.2 Å². The molecule has 7 nitrogen and oxygen atoms in total. The average molecular weight is 471 g/mol. The molecule has 0 aromatic carbocycles. The molecule has 0 spiro atoms. The van der Waals surface area contributed by atoms with Crippen LogP contribution in [0.5, 0.6) is 0 Å². The van der Waals surface area contributed by atoms with Crippen LogP contribution < -0.4 is 29.6 Å². The van der Waals surface area contributed by atoms with E-state index in [-0.39, 0.29) is 36.2 Å². The molecule has 0 saturated heterocycles. The fourth-order valence-electron chi connectivity index (χ4n) is 3.03. The SMILES string of the molecule is C/C=C/OC(=O)CC(C(=O)OCCCCCCCCCCCCCCC)S(=O)(=O)[O-].[Na+]. The number of esters is 2. The van der Waals surface area contributed by atoms with Crippen LogP contribution in [0.3, 0.4) is 0 Å². The van der Waals surface area contributed by atoms with Gasteiger partial charge in [0.25, 0.3) is 0 Å². The van der Waals surface area contributed by atoms with Gasteiger partial charge in [-0.15, -0.1) is 0 Å². The molecule has 0 radical (unpaired) electrons. The number of hydrogen-bond acceptors (Lipinski definition) is 7. The summed E-state index contributed by atoms with van der Waals surface area (Å²) in [5, 5.41) is -2.07. The van der Waals surface area contributed by atoms with E-state index in [9.17, 15) is 22.6 Å². The Hall–Kier alpha value is -0.410. The Balaban J connectivity index is 0. The molecule has 31 heavy (non-hydrogen) atoms. The van der Waals surface area contributed by atoms with Gasteiger partial charge in [0.05, 0.1) is 19.3 Å². The summed E-state index contributed by atoms with van der Waals surface area (Å²) >= 11 is 0. The Morgan fingerprint density at radius 2 is 1.32 bits per heavy atom. The monoisotopic (exact) mass is 470 g/mol. The van der Waals surface area contributed by atoms with Gasteiger partial charge in [0.15, 0.2) is 5.25 Å². The molecule has 1 atom stereocenters. The van der Waals surface area contributed by atoms with Gasteiger partial charge < -0.3 is 14.0 Å². The van der Waals surface area contributed by atoms with Crippen molar-refractivity contribution < 1.29 is 61.6 Å². The topological polar surface area (TPSA) is 110 Å². The van der Waals surface area contributed by atoms with Crippen molar-refractivity contribution in [3.05, 3.63) is 12.3 Å². The van der Waals surface area contributed by atoms with Crippen molar-refractivity contribution in [3.63, 3.8) is 0 Å². The summed E-state index contributed by atoms with van der Waals surface area (Å²) in [6.45, 7) is 3.86. The van der Waals surface area contributed by atoms with E-state index in [1.165, 1.54) is 63.9 Å². The zero-order chi connectivity index (χ0) is 22.7. The molecule has 0 aliphatic heterocycles. The minimum absolute atomic E-state index is 0. The largest absolute Gasteiger partial charge is 1.00 e. The fraction of sp³-hybridized carbons (Fsp3) is 0.818. The third-order valence-electron chi connectivity index (χ3n) is 4.79. The molecule has 0 N–H and O–H groups in total. The molecule has 0 aromatic rings. The van der Waals surface area contributed by atoms with E-state index in [1.54, 1.807) is 6.92 Å². The first-order valence-corrected chi connectivity index (χ1v) is 12.7. The summed E-state index contributed by atoms with van der Waals surface area (Å²) < 4.78 is 43.2. The van der Waals surface area contributed by atoms with Crippen LogP contribution in [0.1, 0.15) is 104 Å². The molecule has 176 valence electrons.